The Morgan fingerprint density at radius 1 is 1.50 bits per heavy atom. The number of aliphatic hydroxyl groups excluding tert-OH is 1. The largest absolute Gasteiger partial charge is 0.395 e. The van der Waals surface area contributed by atoms with Crippen LogP contribution in [-0.4, -0.2) is 62.4 Å². The molecule has 4 N–H and O–H groups in total. The highest BCUT2D eigenvalue weighted by Crippen LogP contribution is 2.15. The maximum absolute atomic E-state index is 11.4. The van der Waals surface area contributed by atoms with Crippen LogP contribution >= 0.6 is 0 Å². The molecule has 94 valence electrons. The van der Waals surface area contributed by atoms with Gasteiger partial charge in [-0.05, 0) is 0 Å². The number of hydrogen-bond acceptors (Lipinski definition) is 5. The van der Waals surface area contributed by atoms with Crippen molar-refractivity contribution in [2.24, 2.45) is 5.14 Å². The molecule has 1 amide bonds. The van der Waals surface area contributed by atoms with Gasteiger partial charge in [-0.1, -0.05) is 0 Å². The van der Waals surface area contributed by atoms with E-state index in [1.165, 1.54) is 4.90 Å². The van der Waals surface area contributed by atoms with E-state index in [-0.39, 0.29) is 25.5 Å². The molecule has 1 saturated heterocycles. The van der Waals surface area contributed by atoms with Gasteiger partial charge in [0.15, 0.2) is 0 Å². The summed E-state index contributed by atoms with van der Waals surface area (Å²) in [6.45, 7) is 1.63. The molecule has 0 saturated carbocycles. The van der Waals surface area contributed by atoms with Crippen LogP contribution in [0.2, 0.25) is 0 Å². The summed E-state index contributed by atoms with van der Waals surface area (Å²) in [4.78, 5) is 12.9. The summed E-state index contributed by atoms with van der Waals surface area (Å²) >= 11 is 0. The Balaban J connectivity index is 2.37. The van der Waals surface area contributed by atoms with Gasteiger partial charge in [0, 0.05) is 32.6 Å². The minimum absolute atomic E-state index is 0.0289. The molecule has 0 aromatic carbocycles. The molecular formula is C8H17N3O4S. The Morgan fingerprint density at radius 2 is 2.19 bits per heavy atom. The predicted octanol–water partition coefficient (Wildman–Crippen LogP) is -2.54. The second-order valence-corrected chi connectivity index (χ2v) is 5.57. The van der Waals surface area contributed by atoms with Crippen LogP contribution in [0.1, 0.15) is 6.42 Å². The van der Waals surface area contributed by atoms with Crippen molar-refractivity contribution in [1.82, 2.24) is 10.2 Å². The van der Waals surface area contributed by atoms with E-state index in [1.807, 2.05) is 0 Å². The van der Waals surface area contributed by atoms with Gasteiger partial charge in [0.2, 0.25) is 15.9 Å². The van der Waals surface area contributed by atoms with Crippen LogP contribution < -0.4 is 10.5 Å². The highest BCUT2D eigenvalue weighted by atomic mass is 32.2. The number of primary sulfonamides is 1. The first-order valence-corrected chi connectivity index (χ1v) is 6.67. The lowest BCUT2D eigenvalue weighted by molar-refractivity contribution is -0.127. The van der Waals surface area contributed by atoms with Crippen LogP contribution in [0, 0.1) is 0 Å². The van der Waals surface area contributed by atoms with E-state index < -0.39 is 15.3 Å². The second kappa shape index (κ2) is 5.58. The maximum Gasteiger partial charge on any atom is 0.224 e. The van der Waals surface area contributed by atoms with Gasteiger partial charge in [-0.15, -0.1) is 0 Å². The molecule has 1 aliphatic rings. The minimum atomic E-state index is -3.63. The van der Waals surface area contributed by atoms with Gasteiger partial charge >= 0.3 is 0 Å². The molecule has 0 bridgehead atoms. The molecule has 1 atom stereocenters. The standard InChI is InChI=1S/C8H17N3O4S/c9-16(14,15)7-5-8(13)11(6-7)3-1-10-2-4-12/h7,10,12H,1-6H2,(H2,9,14,15). The van der Waals surface area contributed by atoms with Gasteiger partial charge in [-0.2, -0.15) is 0 Å². The van der Waals surface area contributed by atoms with Crippen molar-refractivity contribution in [3.8, 4) is 0 Å². The number of hydrogen-bond donors (Lipinski definition) is 3. The normalized spacial score (nSPS) is 21.8. The molecule has 1 fully saturated rings. The molecule has 1 unspecified atom stereocenters. The molecule has 0 radical (unpaired) electrons. The molecule has 0 aromatic rings. The number of nitrogens with zero attached hydrogens (tertiary/aromatic N) is 1. The van der Waals surface area contributed by atoms with Gasteiger partial charge in [-0.3, -0.25) is 4.79 Å². The SMILES string of the molecule is NS(=O)(=O)C1CC(=O)N(CCNCCO)C1. The Bertz CT molecular complexity index is 343. The van der Waals surface area contributed by atoms with Crippen LogP contribution in [0.3, 0.4) is 0 Å². The van der Waals surface area contributed by atoms with E-state index in [0.29, 0.717) is 19.6 Å². The number of likely N-dealkylation sites (tertiary alicyclic amines) is 1. The number of amides is 1. The number of carbonyl (C=O) groups excluding carboxylic acids is 1. The van der Waals surface area contributed by atoms with E-state index in [9.17, 15) is 13.2 Å². The summed E-state index contributed by atoms with van der Waals surface area (Å²) in [6, 6.07) is 0. The number of nitrogens with two attached hydrogens (primary N) is 1. The lowest BCUT2D eigenvalue weighted by Gasteiger charge is -2.16. The third-order valence-electron chi connectivity index (χ3n) is 2.49. The fraction of sp³-hybridized carbons (Fsp3) is 0.875. The van der Waals surface area contributed by atoms with E-state index in [2.05, 4.69) is 5.32 Å². The smallest absolute Gasteiger partial charge is 0.224 e. The number of sulfonamides is 1. The summed E-state index contributed by atoms with van der Waals surface area (Å²) in [5.74, 6) is -0.190. The zero-order chi connectivity index (χ0) is 12.2. The van der Waals surface area contributed by atoms with Gasteiger partial charge in [0.05, 0.1) is 6.61 Å². The van der Waals surface area contributed by atoms with Gasteiger partial charge in [-0.25, -0.2) is 13.6 Å². The first-order chi connectivity index (χ1) is 7.45. The van der Waals surface area contributed by atoms with Crippen molar-refractivity contribution >= 4 is 15.9 Å². The van der Waals surface area contributed by atoms with Crippen LogP contribution in [0.5, 0.6) is 0 Å². The van der Waals surface area contributed by atoms with Crippen molar-refractivity contribution in [1.29, 1.82) is 0 Å². The summed E-state index contributed by atoms with van der Waals surface area (Å²) in [5, 5.41) is 15.6. The molecule has 1 rings (SSSR count). The summed E-state index contributed by atoms with van der Waals surface area (Å²) in [6.07, 6.45) is -0.0289. The average molecular weight is 251 g/mol. The molecule has 8 heteroatoms. The quantitative estimate of drug-likeness (QED) is 0.450. The van der Waals surface area contributed by atoms with E-state index in [1.54, 1.807) is 0 Å². The first-order valence-electron chi connectivity index (χ1n) is 5.06. The van der Waals surface area contributed by atoms with Crippen molar-refractivity contribution in [2.45, 2.75) is 11.7 Å². The molecular weight excluding hydrogens is 234 g/mol. The monoisotopic (exact) mass is 251 g/mol. The third kappa shape index (κ3) is 3.71. The second-order valence-electron chi connectivity index (χ2n) is 3.73. The number of aliphatic hydroxyl groups is 1. The van der Waals surface area contributed by atoms with Gasteiger partial charge in [0.1, 0.15) is 5.25 Å². The van der Waals surface area contributed by atoms with Crippen LogP contribution in [-0.2, 0) is 14.8 Å². The number of rotatable bonds is 6. The predicted molar refractivity (Wildman–Crippen MR) is 58.0 cm³/mol. The van der Waals surface area contributed by atoms with Crippen LogP contribution in [0.15, 0.2) is 0 Å². The number of nitrogens with one attached hydrogen (secondary N) is 1. The molecule has 7 nitrogen and oxygen atoms in total. The lowest BCUT2D eigenvalue weighted by Crippen LogP contribution is -2.36. The Labute approximate surface area is 94.7 Å². The molecule has 0 aromatic heterocycles. The van der Waals surface area contributed by atoms with Crippen molar-refractivity contribution in [3.63, 3.8) is 0 Å². The van der Waals surface area contributed by atoms with E-state index in [4.69, 9.17) is 10.2 Å². The lowest BCUT2D eigenvalue weighted by atomic mass is 10.4. The molecule has 1 heterocycles. The summed E-state index contributed by atoms with van der Waals surface area (Å²) in [5.41, 5.74) is 0. The highest BCUT2D eigenvalue weighted by molar-refractivity contribution is 7.89. The highest BCUT2D eigenvalue weighted by Gasteiger charge is 2.35. The van der Waals surface area contributed by atoms with E-state index >= 15 is 0 Å². The zero-order valence-corrected chi connectivity index (χ0v) is 9.74. The fourth-order valence-corrected chi connectivity index (χ4v) is 2.35. The molecule has 16 heavy (non-hydrogen) atoms. The minimum Gasteiger partial charge on any atom is -0.395 e. The summed E-state index contributed by atoms with van der Waals surface area (Å²) < 4.78 is 22.1. The van der Waals surface area contributed by atoms with Crippen molar-refractivity contribution < 1.29 is 18.3 Å². The van der Waals surface area contributed by atoms with Crippen LogP contribution in [0.4, 0.5) is 0 Å². The molecule has 0 aliphatic carbocycles. The topological polar surface area (TPSA) is 113 Å². The first kappa shape index (κ1) is 13.4. The Kier molecular flexibility index (Phi) is 4.66. The maximum atomic E-state index is 11.4. The van der Waals surface area contributed by atoms with Crippen molar-refractivity contribution in [2.75, 3.05) is 32.8 Å². The average Bonchev–Trinajstić information content (AvgIpc) is 2.55. The fourth-order valence-electron chi connectivity index (χ4n) is 1.59. The summed E-state index contributed by atoms with van der Waals surface area (Å²) in [7, 11) is -3.63. The Hall–Kier alpha value is -0.700. The van der Waals surface area contributed by atoms with E-state index in [0.717, 1.165) is 0 Å². The third-order valence-corrected chi connectivity index (χ3v) is 3.74. The molecule has 1 aliphatic heterocycles. The number of carbonyl (C=O) groups is 1. The molecule has 0 spiro atoms. The van der Waals surface area contributed by atoms with Crippen molar-refractivity contribution in [3.05, 3.63) is 0 Å². The van der Waals surface area contributed by atoms with Gasteiger partial charge in [0.25, 0.3) is 0 Å². The zero-order valence-electron chi connectivity index (χ0n) is 8.92. The van der Waals surface area contributed by atoms with Gasteiger partial charge < -0.3 is 15.3 Å². The van der Waals surface area contributed by atoms with Crippen LogP contribution in [0.25, 0.3) is 0 Å². The Morgan fingerprint density at radius 3 is 2.69 bits per heavy atom.